The van der Waals surface area contributed by atoms with Gasteiger partial charge in [-0.1, -0.05) is 30.1 Å². The minimum atomic E-state index is -0.190. The van der Waals surface area contributed by atoms with Crippen LogP contribution in [-0.2, 0) is 4.79 Å². The molecule has 1 aromatic carbocycles. The largest absolute Gasteiger partial charge is 0.490 e. The lowest BCUT2D eigenvalue weighted by Crippen LogP contribution is -2.40. The molecule has 0 saturated heterocycles. The van der Waals surface area contributed by atoms with Crippen LogP contribution >= 0.6 is 23.2 Å². The summed E-state index contributed by atoms with van der Waals surface area (Å²) in [6.45, 7) is 1.98. The van der Waals surface area contributed by atoms with Gasteiger partial charge in [-0.3, -0.25) is 4.79 Å². The van der Waals surface area contributed by atoms with E-state index in [1.54, 1.807) is 30.4 Å². The Morgan fingerprint density at radius 1 is 1.38 bits per heavy atom. The highest BCUT2D eigenvalue weighted by atomic mass is 35.5. The number of nitrogens with two attached hydrogens (primary N) is 1. The van der Waals surface area contributed by atoms with Gasteiger partial charge < -0.3 is 15.8 Å². The van der Waals surface area contributed by atoms with Crippen LogP contribution < -0.4 is 15.8 Å². The summed E-state index contributed by atoms with van der Waals surface area (Å²) in [5.41, 5.74) is 8.83. The Bertz CT molecular complexity index is 848. The highest BCUT2D eigenvalue weighted by Gasteiger charge is 2.24. The van der Waals surface area contributed by atoms with Crippen LogP contribution in [0.3, 0.4) is 0 Å². The third-order valence-corrected chi connectivity index (χ3v) is 5.28. The predicted octanol–water partition coefficient (Wildman–Crippen LogP) is 4.95. The third kappa shape index (κ3) is 6.85. The van der Waals surface area contributed by atoms with E-state index in [4.69, 9.17) is 38.9 Å². The van der Waals surface area contributed by atoms with Crippen molar-refractivity contribution in [2.45, 2.75) is 51.2 Å². The van der Waals surface area contributed by atoms with Crippen molar-refractivity contribution in [2.24, 2.45) is 5.73 Å². The number of hydrogen-bond acceptors (Lipinski definition) is 4. The molecule has 1 aliphatic rings. The number of nitrogens with zero attached hydrogens (tertiary/aromatic N) is 1. The first kappa shape index (κ1) is 22.9. The maximum atomic E-state index is 12.5. The van der Waals surface area contributed by atoms with Gasteiger partial charge in [-0.25, -0.2) is 0 Å². The van der Waals surface area contributed by atoms with Crippen LogP contribution in [-0.4, -0.2) is 18.1 Å². The number of ether oxygens (including phenoxy) is 1. The van der Waals surface area contributed by atoms with Gasteiger partial charge in [-0.2, -0.15) is 5.26 Å². The third-order valence-electron chi connectivity index (χ3n) is 4.84. The van der Waals surface area contributed by atoms with Crippen molar-refractivity contribution < 1.29 is 9.53 Å². The van der Waals surface area contributed by atoms with Crippen molar-refractivity contribution in [3.8, 4) is 11.8 Å². The van der Waals surface area contributed by atoms with E-state index in [1.807, 2.05) is 13.0 Å². The molecule has 0 radical (unpaired) electrons. The zero-order valence-corrected chi connectivity index (χ0v) is 17.8. The van der Waals surface area contributed by atoms with E-state index in [1.165, 1.54) is 11.7 Å². The Labute approximate surface area is 181 Å². The maximum absolute atomic E-state index is 12.5. The average Bonchev–Trinajstić information content (AvgIpc) is 2.72. The van der Waals surface area contributed by atoms with Crippen LogP contribution in [0.5, 0.6) is 5.75 Å². The number of nitriles is 1. The van der Waals surface area contributed by atoms with Gasteiger partial charge in [0.05, 0.1) is 22.3 Å². The molecule has 1 fully saturated rings. The molecular formula is C22H25Cl2N3O2. The summed E-state index contributed by atoms with van der Waals surface area (Å²) < 4.78 is 5.98. The van der Waals surface area contributed by atoms with Crippen molar-refractivity contribution >= 4 is 29.1 Å². The zero-order valence-electron chi connectivity index (χ0n) is 16.3. The molecule has 29 heavy (non-hydrogen) atoms. The van der Waals surface area contributed by atoms with Gasteiger partial charge in [0.2, 0.25) is 0 Å². The van der Waals surface area contributed by atoms with Crippen molar-refractivity contribution in [3.63, 3.8) is 0 Å². The standard InChI is InChI=1S/C22H25Cl2N3O2/c1-2-15(9-10-23)11-17(14-26)22(28)27-18-4-7-19(8-5-18)29-20-6-3-16(13-25)21(24)12-20/h3,6,9-12,14,18-19H,2,4-5,7-8,26H2,1H3,(H,27,28)/b10-9+,15-11-,17-14+. The number of hydrogen-bond donors (Lipinski definition) is 2. The summed E-state index contributed by atoms with van der Waals surface area (Å²) >= 11 is 11.7. The molecular weight excluding hydrogens is 409 g/mol. The van der Waals surface area contributed by atoms with Crippen molar-refractivity contribution in [2.75, 3.05) is 0 Å². The van der Waals surface area contributed by atoms with E-state index in [0.717, 1.165) is 37.7 Å². The van der Waals surface area contributed by atoms with Crippen molar-refractivity contribution in [1.82, 2.24) is 5.32 Å². The second-order valence-electron chi connectivity index (χ2n) is 6.81. The highest BCUT2D eigenvalue weighted by Crippen LogP contribution is 2.27. The fraction of sp³-hybridized carbons (Fsp3) is 0.364. The van der Waals surface area contributed by atoms with Gasteiger partial charge in [-0.05, 0) is 62.0 Å². The second-order valence-corrected chi connectivity index (χ2v) is 7.47. The molecule has 1 saturated carbocycles. The fourth-order valence-electron chi connectivity index (χ4n) is 3.18. The van der Waals surface area contributed by atoms with Gasteiger partial charge in [0, 0.05) is 23.8 Å². The minimum absolute atomic E-state index is 0.0529. The summed E-state index contributed by atoms with van der Waals surface area (Å²) in [4.78, 5) is 12.5. The Morgan fingerprint density at radius 3 is 2.66 bits per heavy atom. The van der Waals surface area contributed by atoms with Crippen LogP contribution in [0.1, 0.15) is 44.6 Å². The zero-order chi connectivity index (χ0) is 21.2. The number of amides is 1. The molecule has 0 aliphatic heterocycles. The van der Waals surface area contributed by atoms with Gasteiger partial charge in [0.1, 0.15) is 11.8 Å². The maximum Gasteiger partial charge on any atom is 0.252 e. The molecule has 2 rings (SSSR count). The monoisotopic (exact) mass is 433 g/mol. The van der Waals surface area contributed by atoms with Crippen LogP contribution in [0.2, 0.25) is 5.02 Å². The molecule has 7 heteroatoms. The summed E-state index contributed by atoms with van der Waals surface area (Å²) in [7, 11) is 0. The number of carbonyl (C=O) groups is 1. The second kappa shape index (κ2) is 11.5. The average molecular weight is 434 g/mol. The molecule has 3 N–H and O–H groups in total. The molecule has 0 atom stereocenters. The van der Waals surface area contributed by atoms with Crippen LogP contribution in [0.4, 0.5) is 0 Å². The van der Waals surface area contributed by atoms with E-state index in [-0.39, 0.29) is 18.1 Å². The van der Waals surface area contributed by atoms with Crippen LogP contribution in [0, 0.1) is 11.3 Å². The fourth-order valence-corrected chi connectivity index (χ4v) is 3.56. The lowest BCUT2D eigenvalue weighted by molar-refractivity contribution is -0.118. The van der Waals surface area contributed by atoms with Crippen molar-refractivity contribution in [3.05, 3.63) is 63.8 Å². The van der Waals surface area contributed by atoms with Gasteiger partial charge in [-0.15, -0.1) is 0 Å². The molecule has 1 aromatic rings. The number of nitrogens with one attached hydrogen (secondary N) is 1. The molecule has 1 aliphatic carbocycles. The predicted molar refractivity (Wildman–Crippen MR) is 117 cm³/mol. The Hall–Kier alpha value is -2.42. The summed E-state index contributed by atoms with van der Waals surface area (Å²) in [6, 6.07) is 7.18. The Kier molecular flexibility index (Phi) is 9.11. The summed E-state index contributed by atoms with van der Waals surface area (Å²) in [5, 5.41) is 12.4. The van der Waals surface area contributed by atoms with E-state index in [0.29, 0.717) is 21.9 Å². The molecule has 0 unspecified atom stereocenters. The Balaban J connectivity index is 1.88. The van der Waals surface area contributed by atoms with Crippen molar-refractivity contribution in [1.29, 1.82) is 5.26 Å². The van der Waals surface area contributed by atoms with Gasteiger partial charge in [0.25, 0.3) is 5.91 Å². The van der Waals surface area contributed by atoms with Gasteiger partial charge in [0.15, 0.2) is 0 Å². The minimum Gasteiger partial charge on any atom is -0.490 e. The van der Waals surface area contributed by atoms with E-state index in [2.05, 4.69) is 5.32 Å². The number of halogens is 2. The molecule has 154 valence electrons. The highest BCUT2D eigenvalue weighted by molar-refractivity contribution is 6.31. The molecule has 0 heterocycles. The number of rotatable bonds is 7. The lowest BCUT2D eigenvalue weighted by Gasteiger charge is -2.29. The SMILES string of the molecule is CCC(=C/C(=C\N)C(=O)NC1CCC(Oc2ccc(C#N)c(Cl)c2)CC1)/C=C/Cl. The lowest BCUT2D eigenvalue weighted by atomic mass is 9.92. The topological polar surface area (TPSA) is 88.1 Å². The van der Waals surface area contributed by atoms with E-state index in [9.17, 15) is 4.79 Å². The summed E-state index contributed by atoms with van der Waals surface area (Å²) in [6.07, 6.45) is 8.86. The molecule has 0 bridgehead atoms. The molecule has 0 aromatic heterocycles. The smallest absolute Gasteiger partial charge is 0.252 e. The first-order valence-electron chi connectivity index (χ1n) is 9.57. The number of allylic oxidation sites excluding steroid dienone is 2. The molecule has 0 spiro atoms. The van der Waals surface area contributed by atoms with E-state index >= 15 is 0 Å². The summed E-state index contributed by atoms with van der Waals surface area (Å²) in [5.74, 6) is 0.462. The first-order chi connectivity index (χ1) is 14.0. The first-order valence-corrected chi connectivity index (χ1v) is 10.4. The number of benzene rings is 1. The van der Waals surface area contributed by atoms with Crippen LogP contribution in [0.15, 0.2) is 53.2 Å². The van der Waals surface area contributed by atoms with Gasteiger partial charge >= 0.3 is 0 Å². The quantitative estimate of drug-likeness (QED) is 0.470. The van der Waals surface area contributed by atoms with Crippen LogP contribution in [0.25, 0.3) is 0 Å². The number of carbonyl (C=O) groups excluding carboxylic acids is 1. The van der Waals surface area contributed by atoms with E-state index < -0.39 is 0 Å². The Morgan fingerprint density at radius 2 is 2.10 bits per heavy atom. The molecule has 1 amide bonds. The molecule has 5 nitrogen and oxygen atoms in total. The normalized spacial score (nSPS) is 20.3.